The van der Waals surface area contributed by atoms with Gasteiger partial charge in [0.15, 0.2) is 0 Å². The molecular formula is C14H18FNO. The van der Waals surface area contributed by atoms with Gasteiger partial charge in [-0.3, -0.25) is 4.99 Å². The molecule has 2 atom stereocenters. The van der Waals surface area contributed by atoms with E-state index in [0.29, 0.717) is 5.76 Å². The molecule has 0 aromatic rings. The van der Waals surface area contributed by atoms with E-state index in [4.69, 9.17) is 4.74 Å². The highest BCUT2D eigenvalue weighted by atomic mass is 19.1. The molecule has 0 bridgehead atoms. The Kier molecular flexibility index (Phi) is 5.40. The predicted octanol–water partition coefficient (Wildman–Crippen LogP) is 3.39. The fraction of sp³-hybridized carbons (Fsp3) is 0.357. The molecule has 0 aliphatic heterocycles. The molecule has 0 radical (unpaired) electrons. The molecule has 17 heavy (non-hydrogen) atoms. The molecule has 1 aliphatic rings. The van der Waals surface area contributed by atoms with Gasteiger partial charge in [0.05, 0.1) is 6.04 Å². The first-order chi connectivity index (χ1) is 8.13. The molecule has 0 saturated heterocycles. The summed E-state index contributed by atoms with van der Waals surface area (Å²) in [5, 5.41) is 0. The summed E-state index contributed by atoms with van der Waals surface area (Å²) < 4.78 is 18.0. The lowest BCUT2D eigenvalue weighted by molar-refractivity contribution is 0.151. The molecular weight excluding hydrogens is 217 g/mol. The van der Waals surface area contributed by atoms with Crippen molar-refractivity contribution in [1.82, 2.24) is 0 Å². The van der Waals surface area contributed by atoms with Gasteiger partial charge in [-0.2, -0.15) is 0 Å². The van der Waals surface area contributed by atoms with E-state index in [1.54, 1.807) is 6.08 Å². The second-order valence-electron chi connectivity index (χ2n) is 3.90. The molecule has 92 valence electrons. The number of nitrogens with zero attached hydrogens (tertiary/aromatic N) is 1. The second kappa shape index (κ2) is 6.84. The Balaban J connectivity index is 2.76. The van der Waals surface area contributed by atoms with Gasteiger partial charge in [0.1, 0.15) is 18.5 Å². The van der Waals surface area contributed by atoms with Crippen LogP contribution in [0.2, 0.25) is 0 Å². The molecule has 2 unspecified atom stereocenters. The summed E-state index contributed by atoms with van der Waals surface area (Å²) in [5.41, 5.74) is 1.04. The summed E-state index contributed by atoms with van der Waals surface area (Å²) >= 11 is 0. The number of hydrogen-bond acceptors (Lipinski definition) is 2. The third-order valence-corrected chi connectivity index (χ3v) is 2.34. The third kappa shape index (κ3) is 4.81. The molecule has 0 fully saturated rings. The molecule has 3 heteroatoms. The van der Waals surface area contributed by atoms with Crippen molar-refractivity contribution in [3.63, 3.8) is 0 Å². The van der Waals surface area contributed by atoms with Crippen LogP contribution < -0.4 is 0 Å². The van der Waals surface area contributed by atoms with E-state index in [1.165, 1.54) is 6.92 Å². The van der Waals surface area contributed by atoms with Gasteiger partial charge in [-0.15, -0.1) is 0 Å². The minimum Gasteiger partial charge on any atom is -0.491 e. The van der Waals surface area contributed by atoms with Gasteiger partial charge >= 0.3 is 0 Å². The topological polar surface area (TPSA) is 21.6 Å². The first-order valence-electron chi connectivity index (χ1n) is 5.63. The molecule has 0 aromatic carbocycles. The highest BCUT2D eigenvalue weighted by molar-refractivity contribution is 5.38. The lowest BCUT2D eigenvalue weighted by atomic mass is 10.1. The monoisotopic (exact) mass is 235 g/mol. The Morgan fingerprint density at radius 1 is 1.29 bits per heavy atom. The average Bonchev–Trinajstić information content (AvgIpc) is 2.27. The van der Waals surface area contributed by atoms with Crippen molar-refractivity contribution in [2.24, 2.45) is 4.99 Å². The van der Waals surface area contributed by atoms with E-state index in [2.05, 4.69) is 11.7 Å². The number of rotatable bonds is 5. The number of halogens is 1. The van der Waals surface area contributed by atoms with Crippen LogP contribution in [0.15, 0.2) is 52.8 Å². The number of hydrogen-bond donors (Lipinski definition) is 0. The van der Waals surface area contributed by atoms with Gasteiger partial charge in [-0.25, -0.2) is 4.39 Å². The van der Waals surface area contributed by atoms with Gasteiger partial charge in [-0.05, 0) is 38.3 Å². The molecule has 0 saturated carbocycles. The summed E-state index contributed by atoms with van der Waals surface area (Å²) in [7, 11) is 0. The summed E-state index contributed by atoms with van der Waals surface area (Å²) in [6, 6.07) is 0.0374. The Bertz CT molecular complexity index is 378. The Hall–Kier alpha value is -1.64. The van der Waals surface area contributed by atoms with Gasteiger partial charge in [0.2, 0.25) is 0 Å². The van der Waals surface area contributed by atoms with Gasteiger partial charge in [0, 0.05) is 0 Å². The first kappa shape index (κ1) is 13.4. The zero-order valence-corrected chi connectivity index (χ0v) is 10.3. The van der Waals surface area contributed by atoms with Crippen molar-refractivity contribution >= 4 is 6.72 Å². The fourth-order valence-electron chi connectivity index (χ4n) is 1.30. The van der Waals surface area contributed by atoms with Crippen molar-refractivity contribution < 1.29 is 9.13 Å². The molecule has 0 heterocycles. The van der Waals surface area contributed by atoms with Crippen molar-refractivity contribution in [2.45, 2.75) is 26.1 Å². The van der Waals surface area contributed by atoms with Crippen LogP contribution in [0.5, 0.6) is 0 Å². The van der Waals surface area contributed by atoms with Crippen LogP contribution in [0, 0.1) is 0 Å². The number of allylic oxidation sites excluding steroid dienone is 5. The lowest BCUT2D eigenvalue weighted by Crippen LogP contribution is -2.05. The maximum absolute atomic E-state index is 12.7. The highest BCUT2D eigenvalue weighted by Crippen LogP contribution is 2.13. The minimum atomic E-state index is -0.970. The van der Waals surface area contributed by atoms with Crippen molar-refractivity contribution in [3.8, 4) is 0 Å². The van der Waals surface area contributed by atoms with Crippen molar-refractivity contribution in [2.75, 3.05) is 6.61 Å². The molecule has 0 amide bonds. The van der Waals surface area contributed by atoms with Crippen molar-refractivity contribution in [3.05, 3.63) is 47.8 Å². The van der Waals surface area contributed by atoms with Gasteiger partial charge in [0.25, 0.3) is 0 Å². The summed E-state index contributed by atoms with van der Waals surface area (Å²) in [6.07, 6.45) is 10.3. The summed E-state index contributed by atoms with van der Waals surface area (Å²) in [5.74, 6) is 0.646. The first-order valence-corrected chi connectivity index (χ1v) is 5.63. The average molecular weight is 235 g/mol. The van der Waals surface area contributed by atoms with E-state index in [1.807, 2.05) is 37.3 Å². The second-order valence-corrected chi connectivity index (χ2v) is 3.90. The van der Waals surface area contributed by atoms with Crippen molar-refractivity contribution in [1.29, 1.82) is 0 Å². The SMILES string of the molecule is C=NC(C)C1=CC=C(OCC(C)F)C=CC=C1. The van der Waals surface area contributed by atoms with Crippen LogP contribution in [0.25, 0.3) is 0 Å². The van der Waals surface area contributed by atoms with Crippen LogP contribution in [0.4, 0.5) is 4.39 Å². The normalized spacial score (nSPS) is 18.5. The maximum atomic E-state index is 12.7. The van der Waals surface area contributed by atoms with E-state index in [9.17, 15) is 4.39 Å². The summed E-state index contributed by atoms with van der Waals surface area (Å²) in [4.78, 5) is 3.96. The Morgan fingerprint density at radius 2 is 2.00 bits per heavy atom. The Morgan fingerprint density at radius 3 is 2.65 bits per heavy atom. The maximum Gasteiger partial charge on any atom is 0.131 e. The van der Waals surface area contributed by atoms with E-state index in [-0.39, 0.29) is 12.6 Å². The van der Waals surface area contributed by atoms with Crippen LogP contribution >= 0.6 is 0 Å². The van der Waals surface area contributed by atoms with Crippen LogP contribution in [-0.4, -0.2) is 25.5 Å². The predicted molar refractivity (Wildman–Crippen MR) is 70.0 cm³/mol. The fourth-order valence-corrected chi connectivity index (χ4v) is 1.30. The van der Waals surface area contributed by atoms with Gasteiger partial charge < -0.3 is 4.74 Å². The molecule has 0 spiro atoms. The lowest BCUT2D eigenvalue weighted by Gasteiger charge is -2.10. The van der Waals surface area contributed by atoms with Crippen LogP contribution in [0.3, 0.4) is 0 Å². The highest BCUT2D eigenvalue weighted by Gasteiger charge is 2.04. The Labute approximate surface area is 102 Å². The van der Waals surface area contributed by atoms with E-state index < -0.39 is 6.17 Å². The van der Waals surface area contributed by atoms with Crippen LogP contribution in [0.1, 0.15) is 13.8 Å². The molecule has 1 rings (SSSR count). The zero-order valence-electron chi connectivity index (χ0n) is 10.3. The van der Waals surface area contributed by atoms with E-state index >= 15 is 0 Å². The molecule has 0 aromatic heterocycles. The van der Waals surface area contributed by atoms with E-state index in [0.717, 1.165) is 5.57 Å². The summed E-state index contributed by atoms with van der Waals surface area (Å²) in [6.45, 7) is 7.03. The minimum absolute atomic E-state index is 0.0374. The smallest absolute Gasteiger partial charge is 0.131 e. The van der Waals surface area contributed by atoms with Crippen LogP contribution in [-0.2, 0) is 4.74 Å². The number of aliphatic imine (C=N–C) groups is 1. The number of ether oxygens (including phenoxy) is 1. The molecule has 2 nitrogen and oxygen atoms in total. The quantitative estimate of drug-likeness (QED) is 0.669. The standard InChI is InChI=1S/C14H18FNO/c1-11(15)10-17-14-7-5-4-6-13(8-9-14)12(2)16-3/h4-9,11-12H,3,10H2,1-2H3. The molecule has 0 N–H and O–H groups in total. The third-order valence-electron chi connectivity index (χ3n) is 2.34. The largest absolute Gasteiger partial charge is 0.491 e. The van der Waals surface area contributed by atoms with Gasteiger partial charge in [-0.1, -0.05) is 24.3 Å². The zero-order chi connectivity index (χ0) is 12.7. The molecule has 1 aliphatic carbocycles. The number of alkyl halides is 1.